The zero-order valence-corrected chi connectivity index (χ0v) is 25.7. The lowest BCUT2D eigenvalue weighted by atomic mass is 9.94. The van der Waals surface area contributed by atoms with Gasteiger partial charge in [-0.25, -0.2) is 0 Å². The molecule has 48 heavy (non-hydrogen) atoms. The van der Waals surface area contributed by atoms with Crippen LogP contribution in [0.5, 0.6) is 0 Å². The van der Waals surface area contributed by atoms with Gasteiger partial charge < -0.3 is 9.13 Å². The number of aromatic nitrogens is 2. The van der Waals surface area contributed by atoms with Gasteiger partial charge in [-0.3, -0.25) is 0 Å². The van der Waals surface area contributed by atoms with Gasteiger partial charge in [0.15, 0.2) is 0 Å². The van der Waals surface area contributed by atoms with Crippen LogP contribution in [0.15, 0.2) is 121 Å². The van der Waals surface area contributed by atoms with Crippen molar-refractivity contribution in [3.63, 3.8) is 0 Å². The summed E-state index contributed by atoms with van der Waals surface area (Å²) in [6.45, 7) is 3.80. The van der Waals surface area contributed by atoms with Crippen molar-refractivity contribution in [2.24, 2.45) is 0 Å². The second-order valence-corrected chi connectivity index (χ2v) is 12.1. The van der Waals surface area contributed by atoms with Gasteiger partial charge in [0.2, 0.25) is 0 Å². The van der Waals surface area contributed by atoms with Crippen molar-refractivity contribution in [1.29, 1.82) is 0 Å². The van der Waals surface area contributed by atoms with Crippen molar-refractivity contribution >= 4 is 43.6 Å². The minimum Gasteiger partial charge on any atom is -0.309 e. The van der Waals surface area contributed by atoms with E-state index in [4.69, 9.17) is 0 Å². The van der Waals surface area contributed by atoms with E-state index in [0.29, 0.717) is 22.1 Å². The normalized spacial score (nSPS) is 12.6. The SMILES string of the molecule is Cc1cccc2c1c1ccccc1n2-c1cc(C(F)(F)F)c(-n2c3ccccc3c3c(C)cccc32)cc1-c1ccccc1C(F)(F)F. The Labute approximate surface area is 271 Å². The van der Waals surface area contributed by atoms with Crippen molar-refractivity contribution in [2.75, 3.05) is 0 Å². The van der Waals surface area contributed by atoms with E-state index in [0.717, 1.165) is 44.8 Å². The maximum Gasteiger partial charge on any atom is 0.418 e. The zero-order chi connectivity index (χ0) is 33.5. The molecular formula is C40H26F6N2. The summed E-state index contributed by atoms with van der Waals surface area (Å²) >= 11 is 0. The Kier molecular flexibility index (Phi) is 6.54. The summed E-state index contributed by atoms with van der Waals surface area (Å²) in [6, 6.07) is 32.7. The van der Waals surface area contributed by atoms with Gasteiger partial charge in [-0.2, -0.15) is 26.3 Å². The third-order valence-electron chi connectivity index (χ3n) is 9.24. The highest BCUT2D eigenvalue weighted by Gasteiger charge is 2.39. The fraction of sp³-hybridized carbons (Fsp3) is 0.100. The molecule has 8 aromatic rings. The lowest BCUT2D eigenvalue weighted by Crippen LogP contribution is -2.14. The lowest BCUT2D eigenvalue weighted by Gasteiger charge is -2.23. The fourth-order valence-corrected chi connectivity index (χ4v) is 7.27. The van der Waals surface area contributed by atoms with E-state index < -0.39 is 23.5 Å². The van der Waals surface area contributed by atoms with Crippen molar-refractivity contribution < 1.29 is 26.3 Å². The maximum atomic E-state index is 15.4. The topological polar surface area (TPSA) is 9.86 Å². The summed E-state index contributed by atoms with van der Waals surface area (Å²) in [5, 5.41) is 3.13. The first-order chi connectivity index (χ1) is 22.9. The molecule has 0 aliphatic heterocycles. The number of benzene rings is 6. The van der Waals surface area contributed by atoms with E-state index in [2.05, 4.69) is 0 Å². The maximum absolute atomic E-state index is 15.4. The van der Waals surface area contributed by atoms with Crippen LogP contribution in [0.2, 0.25) is 0 Å². The molecule has 6 aromatic carbocycles. The number of rotatable bonds is 3. The molecule has 0 fully saturated rings. The number of fused-ring (bicyclic) bond motifs is 6. The molecule has 0 aliphatic carbocycles. The number of alkyl halides is 6. The first-order valence-corrected chi connectivity index (χ1v) is 15.4. The predicted octanol–water partition coefficient (Wildman–Crippen LogP) is 12.2. The molecule has 0 saturated heterocycles. The molecule has 0 saturated carbocycles. The first kappa shape index (κ1) is 29.9. The molecule has 0 bridgehead atoms. The van der Waals surface area contributed by atoms with Crippen LogP contribution in [0.3, 0.4) is 0 Å². The number of hydrogen-bond donors (Lipinski definition) is 0. The summed E-state index contributed by atoms with van der Waals surface area (Å²) in [6.07, 6.45) is -9.62. The van der Waals surface area contributed by atoms with Gasteiger partial charge in [0, 0.05) is 27.1 Å². The highest BCUT2D eigenvalue weighted by Crippen LogP contribution is 2.47. The Morgan fingerprint density at radius 1 is 0.417 bits per heavy atom. The fourth-order valence-electron chi connectivity index (χ4n) is 7.27. The zero-order valence-electron chi connectivity index (χ0n) is 25.7. The van der Waals surface area contributed by atoms with Crippen LogP contribution in [0.1, 0.15) is 22.3 Å². The second kappa shape index (κ2) is 10.5. The smallest absolute Gasteiger partial charge is 0.309 e. The molecule has 0 spiro atoms. The standard InChI is InChI=1S/C40H26F6N2/c1-23-11-9-19-33-37(23)26-14-4-7-17-31(26)47(33)35-22-30(40(44,45)46)36(21-28(35)25-13-3-6-16-29(25)39(41,42)43)48-32-18-8-5-15-27(32)38-24(2)12-10-20-34(38)48/h3-22H,1-2H3. The third-order valence-corrected chi connectivity index (χ3v) is 9.24. The average molecular weight is 649 g/mol. The third kappa shape index (κ3) is 4.43. The average Bonchev–Trinajstić information content (AvgIpc) is 3.58. The van der Waals surface area contributed by atoms with Gasteiger partial charge in [-0.15, -0.1) is 0 Å². The number of aryl methyl sites for hydroxylation is 2. The Hall–Kier alpha value is -5.50. The lowest BCUT2D eigenvalue weighted by molar-refractivity contribution is -0.138. The summed E-state index contributed by atoms with van der Waals surface area (Å²) < 4.78 is 93.5. The van der Waals surface area contributed by atoms with Gasteiger partial charge >= 0.3 is 12.4 Å². The van der Waals surface area contributed by atoms with E-state index in [9.17, 15) is 13.2 Å². The van der Waals surface area contributed by atoms with E-state index in [1.54, 1.807) is 53.1 Å². The molecule has 0 amide bonds. The number of nitrogens with zero attached hydrogens (tertiary/aromatic N) is 2. The summed E-state index contributed by atoms with van der Waals surface area (Å²) in [5.41, 5.74) is 1.63. The van der Waals surface area contributed by atoms with Gasteiger partial charge in [-0.05, 0) is 73.0 Å². The van der Waals surface area contributed by atoms with E-state index >= 15 is 13.2 Å². The van der Waals surface area contributed by atoms with Gasteiger partial charge in [0.25, 0.3) is 0 Å². The van der Waals surface area contributed by atoms with Crippen LogP contribution in [0.4, 0.5) is 26.3 Å². The van der Waals surface area contributed by atoms with Gasteiger partial charge in [-0.1, -0.05) is 78.9 Å². The molecule has 2 heterocycles. The molecule has 8 heteroatoms. The molecule has 238 valence electrons. The van der Waals surface area contributed by atoms with Crippen LogP contribution in [0.25, 0.3) is 66.1 Å². The van der Waals surface area contributed by atoms with Crippen LogP contribution >= 0.6 is 0 Å². The van der Waals surface area contributed by atoms with Crippen molar-refractivity contribution in [3.05, 3.63) is 144 Å². The monoisotopic (exact) mass is 648 g/mol. The summed E-state index contributed by atoms with van der Waals surface area (Å²) in [7, 11) is 0. The van der Waals surface area contributed by atoms with E-state index in [1.165, 1.54) is 28.8 Å². The Morgan fingerprint density at radius 3 is 1.42 bits per heavy atom. The largest absolute Gasteiger partial charge is 0.418 e. The van der Waals surface area contributed by atoms with Crippen molar-refractivity contribution in [3.8, 4) is 22.5 Å². The Bertz CT molecular complexity index is 2560. The minimum absolute atomic E-state index is 0.00322. The van der Waals surface area contributed by atoms with Crippen LogP contribution < -0.4 is 0 Å². The Balaban J connectivity index is 1.60. The minimum atomic E-state index is -4.86. The Morgan fingerprint density at radius 2 is 0.875 bits per heavy atom. The molecule has 0 N–H and O–H groups in total. The number of hydrogen-bond acceptors (Lipinski definition) is 0. The summed E-state index contributed by atoms with van der Waals surface area (Å²) in [4.78, 5) is 0. The van der Waals surface area contributed by atoms with Crippen molar-refractivity contribution in [2.45, 2.75) is 26.2 Å². The molecular weight excluding hydrogens is 622 g/mol. The van der Waals surface area contributed by atoms with Gasteiger partial charge in [0.1, 0.15) is 0 Å². The van der Waals surface area contributed by atoms with Gasteiger partial charge in [0.05, 0.1) is 44.6 Å². The van der Waals surface area contributed by atoms with Crippen LogP contribution in [-0.4, -0.2) is 9.13 Å². The second-order valence-electron chi connectivity index (χ2n) is 12.1. The van der Waals surface area contributed by atoms with Crippen molar-refractivity contribution in [1.82, 2.24) is 9.13 Å². The molecule has 0 atom stereocenters. The highest BCUT2D eigenvalue weighted by atomic mass is 19.4. The van der Waals surface area contributed by atoms with Crippen LogP contribution in [-0.2, 0) is 12.4 Å². The van der Waals surface area contributed by atoms with E-state index in [-0.39, 0.29) is 22.5 Å². The predicted molar refractivity (Wildman–Crippen MR) is 180 cm³/mol. The number of para-hydroxylation sites is 2. The summed E-state index contributed by atoms with van der Waals surface area (Å²) in [5.74, 6) is 0. The molecule has 2 aromatic heterocycles. The molecule has 0 unspecified atom stereocenters. The highest BCUT2D eigenvalue weighted by molar-refractivity contribution is 6.12. The number of halogens is 6. The van der Waals surface area contributed by atoms with E-state index in [1.807, 2.05) is 50.2 Å². The molecule has 8 rings (SSSR count). The van der Waals surface area contributed by atoms with Crippen LogP contribution in [0, 0.1) is 13.8 Å². The molecule has 0 aliphatic rings. The molecule has 0 radical (unpaired) electrons. The first-order valence-electron chi connectivity index (χ1n) is 15.4. The quantitative estimate of drug-likeness (QED) is 0.169. The molecule has 2 nitrogen and oxygen atoms in total.